The molecule has 0 spiro atoms. The van der Waals surface area contributed by atoms with Gasteiger partial charge in [0, 0.05) is 16.7 Å². The van der Waals surface area contributed by atoms with E-state index in [-0.39, 0.29) is 6.61 Å². The van der Waals surface area contributed by atoms with Crippen molar-refractivity contribution in [1.29, 1.82) is 0 Å². The van der Waals surface area contributed by atoms with Crippen molar-refractivity contribution >= 4 is 23.2 Å². The molecule has 100 valence electrons. The number of hydrogen-bond acceptors (Lipinski definition) is 5. The Labute approximate surface area is 120 Å². The predicted octanol–water partition coefficient (Wildman–Crippen LogP) is 3.65. The monoisotopic (exact) mass is 284 g/mol. The summed E-state index contributed by atoms with van der Waals surface area (Å²) in [6.45, 7) is -0.0710. The van der Waals surface area contributed by atoms with E-state index in [4.69, 9.17) is 4.42 Å². The minimum atomic E-state index is -0.0710. The second kappa shape index (κ2) is 5.81. The molecule has 2 heterocycles. The van der Waals surface area contributed by atoms with E-state index in [1.54, 1.807) is 17.5 Å². The summed E-state index contributed by atoms with van der Waals surface area (Å²) in [6.07, 6.45) is 4.82. The van der Waals surface area contributed by atoms with E-state index >= 15 is 0 Å². The second-order valence-corrected chi connectivity index (χ2v) is 5.12. The molecule has 4 nitrogen and oxygen atoms in total. The first-order valence-corrected chi connectivity index (χ1v) is 6.95. The molecular weight excluding hydrogens is 272 g/mol. The van der Waals surface area contributed by atoms with E-state index in [2.05, 4.69) is 9.98 Å². The lowest BCUT2D eigenvalue weighted by molar-refractivity contribution is 0.282. The Morgan fingerprint density at radius 3 is 3.00 bits per heavy atom. The summed E-state index contributed by atoms with van der Waals surface area (Å²) >= 11 is 1.63. The average molecular weight is 284 g/mol. The highest BCUT2D eigenvalue weighted by Gasteiger charge is 2.08. The van der Waals surface area contributed by atoms with Crippen molar-refractivity contribution in [3.63, 3.8) is 0 Å². The first kappa shape index (κ1) is 12.8. The van der Waals surface area contributed by atoms with Crippen LogP contribution in [0.15, 0.2) is 57.7 Å². The van der Waals surface area contributed by atoms with Crippen molar-refractivity contribution in [3.05, 3.63) is 58.7 Å². The lowest BCUT2D eigenvalue weighted by atomic mass is 10.1. The Hall–Kier alpha value is -2.24. The highest BCUT2D eigenvalue weighted by atomic mass is 32.1. The zero-order valence-electron chi connectivity index (χ0n) is 10.6. The normalized spacial score (nSPS) is 11.2. The second-order valence-electron chi connectivity index (χ2n) is 4.14. The number of benzene rings is 1. The van der Waals surface area contributed by atoms with Crippen LogP contribution in [-0.2, 0) is 6.61 Å². The van der Waals surface area contributed by atoms with E-state index in [1.165, 1.54) is 6.39 Å². The Balaban J connectivity index is 1.91. The molecule has 0 amide bonds. The number of oxazole rings is 1. The molecule has 3 aromatic rings. The summed E-state index contributed by atoms with van der Waals surface area (Å²) in [7, 11) is 0. The van der Waals surface area contributed by atoms with Gasteiger partial charge in [0.05, 0.1) is 18.5 Å². The van der Waals surface area contributed by atoms with E-state index in [9.17, 15) is 5.11 Å². The average Bonchev–Trinajstić information content (AvgIpc) is 3.18. The van der Waals surface area contributed by atoms with Crippen LogP contribution in [0.3, 0.4) is 0 Å². The van der Waals surface area contributed by atoms with Crippen LogP contribution in [0.4, 0.5) is 5.69 Å². The SMILES string of the molecule is OCc1cc(/N=C/c2cccs2)ccc1-c1cnco1. The van der Waals surface area contributed by atoms with E-state index in [0.717, 1.165) is 21.7 Å². The number of aliphatic imine (C=N–C) groups is 1. The number of aliphatic hydroxyl groups is 1. The minimum Gasteiger partial charge on any atom is -0.444 e. The molecule has 0 bridgehead atoms. The van der Waals surface area contributed by atoms with Crippen LogP contribution in [0.5, 0.6) is 0 Å². The standard InChI is InChI=1S/C15H12N2O2S/c18-9-11-6-12(17-7-13-2-1-5-20-13)3-4-14(11)15-8-16-10-19-15/h1-8,10,18H,9H2/b17-7+. The summed E-state index contributed by atoms with van der Waals surface area (Å²) in [5.74, 6) is 0.642. The Bertz CT molecular complexity index is 704. The highest BCUT2D eigenvalue weighted by molar-refractivity contribution is 7.11. The molecule has 0 saturated heterocycles. The minimum absolute atomic E-state index is 0.0710. The van der Waals surface area contributed by atoms with Crippen LogP contribution >= 0.6 is 11.3 Å². The largest absolute Gasteiger partial charge is 0.444 e. The number of nitrogens with zero attached hydrogens (tertiary/aromatic N) is 2. The molecular formula is C15H12N2O2S. The van der Waals surface area contributed by atoms with Gasteiger partial charge in [-0.15, -0.1) is 11.3 Å². The van der Waals surface area contributed by atoms with Gasteiger partial charge in [0.15, 0.2) is 12.2 Å². The van der Waals surface area contributed by atoms with Crippen molar-refractivity contribution in [3.8, 4) is 11.3 Å². The Kier molecular flexibility index (Phi) is 3.71. The molecule has 1 N–H and O–H groups in total. The number of aromatic nitrogens is 1. The lowest BCUT2D eigenvalue weighted by Gasteiger charge is -2.05. The van der Waals surface area contributed by atoms with Gasteiger partial charge in [-0.2, -0.15) is 0 Å². The maximum Gasteiger partial charge on any atom is 0.181 e. The van der Waals surface area contributed by atoms with Crippen molar-refractivity contribution < 1.29 is 9.52 Å². The summed E-state index contributed by atoms with van der Waals surface area (Å²) in [4.78, 5) is 9.39. The van der Waals surface area contributed by atoms with Crippen molar-refractivity contribution in [2.24, 2.45) is 4.99 Å². The Morgan fingerprint density at radius 2 is 2.30 bits per heavy atom. The summed E-state index contributed by atoms with van der Waals surface area (Å²) in [5.41, 5.74) is 2.40. The third kappa shape index (κ3) is 2.68. The molecule has 0 radical (unpaired) electrons. The number of aliphatic hydroxyl groups excluding tert-OH is 1. The van der Waals surface area contributed by atoms with Gasteiger partial charge in [0.1, 0.15) is 0 Å². The van der Waals surface area contributed by atoms with Crippen LogP contribution in [0.2, 0.25) is 0 Å². The van der Waals surface area contributed by atoms with Gasteiger partial charge in [0.2, 0.25) is 0 Å². The predicted molar refractivity (Wildman–Crippen MR) is 79.4 cm³/mol. The highest BCUT2D eigenvalue weighted by Crippen LogP contribution is 2.27. The Morgan fingerprint density at radius 1 is 1.35 bits per heavy atom. The molecule has 3 rings (SSSR count). The van der Waals surface area contributed by atoms with E-state index < -0.39 is 0 Å². The first-order chi connectivity index (χ1) is 9.86. The van der Waals surface area contributed by atoms with Crippen molar-refractivity contribution in [1.82, 2.24) is 4.98 Å². The molecule has 0 aliphatic heterocycles. The van der Waals surface area contributed by atoms with E-state index in [0.29, 0.717) is 5.76 Å². The topological polar surface area (TPSA) is 58.6 Å². The third-order valence-electron chi connectivity index (χ3n) is 2.84. The van der Waals surface area contributed by atoms with Crippen LogP contribution < -0.4 is 0 Å². The molecule has 1 aromatic carbocycles. The maximum absolute atomic E-state index is 9.48. The fourth-order valence-electron chi connectivity index (χ4n) is 1.88. The molecule has 0 aliphatic rings. The quantitative estimate of drug-likeness (QED) is 0.744. The zero-order chi connectivity index (χ0) is 13.8. The first-order valence-electron chi connectivity index (χ1n) is 6.07. The van der Waals surface area contributed by atoms with Gasteiger partial charge in [-0.3, -0.25) is 4.99 Å². The third-order valence-corrected chi connectivity index (χ3v) is 3.65. The maximum atomic E-state index is 9.48. The van der Waals surface area contributed by atoms with Gasteiger partial charge < -0.3 is 9.52 Å². The summed E-state index contributed by atoms with van der Waals surface area (Å²) in [6, 6.07) is 9.61. The van der Waals surface area contributed by atoms with Crippen molar-refractivity contribution in [2.75, 3.05) is 0 Å². The molecule has 5 heteroatoms. The number of hydrogen-bond donors (Lipinski definition) is 1. The number of rotatable bonds is 4. The zero-order valence-corrected chi connectivity index (χ0v) is 11.4. The van der Waals surface area contributed by atoms with Crippen LogP contribution in [-0.4, -0.2) is 16.3 Å². The molecule has 0 unspecified atom stereocenters. The molecule has 0 atom stereocenters. The van der Waals surface area contributed by atoms with Gasteiger partial charge in [0.25, 0.3) is 0 Å². The van der Waals surface area contributed by atoms with Crippen LogP contribution in [0.25, 0.3) is 11.3 Å². The fourth-order valence-corrected chi connectivity index (χ4v) is 2.47. The summed E-state index contributed by atoms with van der Waals surface area (Å²) in [5, 5.41) is 11.5. The van der Waals surface area contributed by atoms with Gasteiger partial charge in [-0.05, 0) is 35.2 Å². The molecule has 20 heavy (non-hydrogen) atoms. The lowest BCUT2D eigenvalue weighted by Crippen LogP contribution is -1.88. The van der Waals surface area contributed by atoms with Crippen LogP contribution in [0, 0.1) is 0 Å². The number of thiophene rings is 1. The van der Waals surface area contributed by atoms with Crippen LogP contribution in [0.1, 0.15) is 10.4 Å². The molecule has 0 aliphatic carbocycles. The van der Waals surface area contributed by atoms with E-state index in [1.807, 2.05) is 41.9 Å². The fraction of sp³-hybridized carbons (Fsp3) is 0.0667. The van der Waals surface area contributed by atoms with Gasteiger partial charge >= 0.3 is 0 Å². The van der Waals surface area contributed by atoms with Gasteiger partial charge in [-0.25, -0.2) is 4.98 Å². The van der Waals surface area contributed by atoms with Gasteiger partial charge in [-0.1, -0.05) is 6.07 Å². The summed E-state index contributed by atoms with van der Waals surface area (Å²) < 4.78 is 5.26. The molecule has 0 fully saturated rings. The smallest absolute Gasteiger partial charge is 0.181 e. The van der Waals surface area contributed by atoms with Crippen molar-refractivity contribution in [2.45, 2.75) is 6.61 Å². The molecule has 2 aromatic heterocycles. The molecule has 0 saturated carbocycles.